The van der Waals surface area contributed by atoms with E-state index in [-0.39, 0.29) is 20.1 Å². The first-order valence-electron chi connectivity index (χ1n) is 14.0. The predicted octanol–water partition coefficient (Wildman–Crippen LogP) is 8.43. The number of aromatic nitrogens is 4. The van der Waals surface area contributed by atoms with Crippen molar-refractivity contribution >= 4 is 33.0 Å². The number of para-hydroxylation sites is 1. The minimum atomic E-state index is 0. The Morgan fingerprint density at radius 2 is 1.42 bits per heavy atom. The molecule has 5 heterocycles. The molecule has 209 valence electrons. The molecule has 0 amide bonds. The van der Waals surface area contributed by atoms with Crippen LogP contribution in [0.15, 0.2) is 126 Å². The second kappa shape index (κ2) is 11.4. The number of hydrogen-bond donors (Lipinski definition) is 0. The van der Waals surface area contributed by atoms with Crippen molar-refractivity contribution in [3.63, 3.8) is 0 Å². The molecule has 8 aromatic rings. The largest absolute Gasteiger partial charge is 0.498 e. The van der Waals surface area contributed by atoms with E-state index in [1.165, 1.54) is 11.3 Å². The van der Waals surface area contributed by atoms with Gasteiger partial charge in [-0.05, 0) is 53.7 Å². The molecule has 0 fully saturated rings. The number of imidazole rings is 1. The van der Waals surface area contributed by atoms with Gasteiger partial charge < -0.3 is 14.4 Å². The third-order valence-corrected chi connectivity index (χ3v) is 7.71. The van der Waals surface area contributed by atoms with Gasteiger partial charge >= 0.3 is 0 Å². The molecule has 0 N–H and O–H groups in total. The molecule has 0 bridgehead atoms. The number of pyridine rings is 2. The van der Waals surface area contributed by atoms with Crippen LogP contribution in [-0.2, 0) is 32.9 Å². The standard InChI is InChI=1S/C26H16N3O.C11H8N.Ir/c1-2-10-22-16(6-1)11-14-23-28-21-13-12-18-17-7-5-8-19(20-9-3-4-15-27-20)25(17)30-26(18)24(21)29(22)23;1-2-6-10(7-3-1)11-8-4-5-9-12-11;/h1-7,9-10,12-13,15H,11,14H2;1-6,8-9H;/q2*-1;. The smallest absolute Gasteiger partial charge is 0.147 e. The zero-order valence-corrected chi connectivity index (χ0v) is 25.4. The van der Waals surface area contributed by atoms with Gasteiger partial charge in [0.2, 0.25) is 0 Å². The summed E-state index contributed by atoms with van der Waals surface area (Å²) in [6.07, 6.45) is 5.53. The first-order valence-corrected chi connectivity index (χ1v) is 14.0. The Hall–Kier alpha value is -4.90. The van der Waals surface area contributed by atoms with E-state index >= 15 is 0 Å². The summed E-state index contributed by atoms with van der Waals surface area (Å²) in [4.78, 5) is 13.7. The van der Waals surface area contributed by atoms with Crippen LogP contribution < -0.4 is 0 Å². The van der Waals surface area contributed by atoms with Crippen molar-refractivity contribution in [2.45, 2.75) is 12.8 Å². The molecule has 0 spiro atoms. The van der Waals surface area contributed by atoms with E-state index in [1.807, 2.05) is 66.7 Å². The third kappa shape index (κ3) is 4.75. The van der Waals surface area contributed by atoms with E-state index < -0.39 is 0 Å². The number of aryl methyl sites for hydroxylation is 2. The first-order chi connectivity index (χ1) is 20.8. The van der Waals surface area contributed by atoms with Crippen LogP contribution in [0.2, 0.25) is 0 Å². The van der Waals surface area contributed by atoms with Gasteiger partial charge in [0.25, 0.3) is 0 Å². The van der Waals surface area contributed by atoms with Gasteiger partial charge in [-0.25, -0.2) is 4.98 Å². The molecule has 0 aliphatic carbocycles. The van der Waals surface area contributed by atoms with Crippen molar-refractivity contribution in [2.75, 3.05) is 0 Å². The van der Waals surface area contributed by atoms with Gasteiger partial charge in [0.05, 0.1) is 16.8 Å². The maximum atomic E-state index is 6.56. The van der Waals surface area contributed by atoms with Crippen LogP contribution in [0.1, 0.15) is 11.4 Å². The zero-order valence-electron chi connectivity index (χ0n) is 23.0. The molecular formula is C37H24IrN4O-2. The van der Waals surface area contributed by atoms with Crippen molar-refractivity contribution < 1.29 is 24.5 Å². The molecule has 4 aromatic carbocycles. The molecule has 5 nitrogen and oxygen atoms in total. The fraction of sp³-hybridized carbons (Fsp3) is 0.0541. The summed E-state index contributed by atoms with van der Waals surface area (Å²) in [5.74, 6) is 1.09. The van der Waals surface area contributed by atoms with Gasteiger partial charge in [0, 0.05) is 44.3 Å². The van der Waals surface area contributed by atoms with Crippen LogP contribution in [0, 0.1) is 12.1 Å². The summed E-state index contributed by atoms with van der Waals surface area (Å²) in [5.41, 5.74) is 10.00. The Bertz CT molecular complexity index is 2150. The topological polar surface area (TPSA) is 56.7 Å². The number of rotatable bonds is 2. The van der Waals surface area contributed by atoms with Gasteiger partial charge in [-0.3, -0.25) is 4.57 Å². The van der Waals surface area contributed by atoms with Crippen molar-refractivity contribution in [2.24, 2.45) is 0 Å². The number of hydrogen-bond acceptors (Lipinski definition) is 4. The second-order valence-electron chi connectivity index (χ2n) is 10.2. The summed E-state index contributed by atoms with van der Waals surface area (Å²) in [5, 5.41) is 2.17. The number of benzene rings is 4. The van der Waals surface area contributed by atoms with E-state index in [0.717, 1.165) is 74.2 Å². The van der Waals surface area contributed by atoms with Gasteiger partial charge in [0.1, 0.15) is 16.9 Å². The van der Waals surface area contributed by atoms with Crippen LogP contribution in [0.3, 0.4) is 0 Å². The summed E-state index contributed by atoms with van der Waals surface area (Å²) < 4.78 is 8.84. The SMILES string of the molecule is [Ir].[c-]1ccc2c(oc3c2ccc2nc4n(c23)-c2ccccc2CC4)c1-c1ccccn1.[c-]1ccccc1-c1ccccn1. The molecule has 0 atom stereocenters. The maximum Gasteiger partial charge on any atom is 0.147 e. The normalized spacial score (nSPS) is 11.8. The number of fused-ring (bicyclic) bond motifs is 9. The van der Waals surface area contributed by atoms with E-state index in [9.17, 15) is 0 Å². The first kappa shape index (κ1) is 27.0. The Morgan fingerprint density at radius 1 is 0.651 bits per heavy atom. The number of furan rings is 1. The Morgan fingerprint density at radius 3 is 2.21 bits per heavy atom. The van der Waals surface area contributed by atoms with Crippen molar-refractivity contribution in [3.05, 3.63) is 145 Å². The van der Waals surface area contributed by atoms with Crippen LogP contribution in [-0.4, -0.2) is 19.5 Å². The monoisotopic (exact) mass is 733 g/mol. The molecule has 1 aliphatic rings. The molecule has 1 aliphatic heterocycles. The number of nitrogens with zero attached hydrogens (tertiary/aromatic N) is 4. The van der Waals surface area contributed by atoms with Crippen LogP contribution in [0.5, 0.6) is 0 Å². The average molecular weight is 733 g/mol. The van der Waals surface area contributed by atoms with E-state index in [4.69, 9.17) is 9.40 Å². The van der Waals surface area contributed by atoms with E-state index in [1.54, 1.807) is 12.4 Å². The third-order valence-electron chi connectivity index (χ3n) is 7.71. The Kier molecular flexibility index (Phi) is 7.15. The van der Waals surface area contributed by atoms with Crippen molar-refractivity contribution in [1.82, 2.24) is 19.5 Å². The van der Waals surface area contributed by atoms with Crippen LogP contribution in [0.25, 0.3) is 61.2 Å². The molecule has 6 heteroatoms. The summed E-state index contributed by atoms with van der Waals surface area (Å²) in [6.45, 7) is 0. The van der Waals surface area contributed by atoms with Gasteiger partial charge in [0.15, 0.2) is 0 Å². The quantitative estimate of drug-likeness (QED) is 0.168. The Balaban J connectivity index is 0.000000195. The fourth-order valence-electron chi connectivity index (χ4n) is 5.79. The van der Waals surface area contributed by atoms with E-state index in [2.05, 4.69) is 69.1 Å². The van der Waals surface area contributed by atoms with Gasteiger partial charge in [-0.1, -0.05) is 53.4 Å². The van der Waals surface area contributed by atoms with Crippen molar-refractivity contribution in [3.8, 4) is 28.2 Å². The van der Waals surface area contributed by atoms with E-state index in [0.29, 0.717) is 0 Å². The molecule has 9 rings (SSSR count). The summed E-state index contributed by atoms with van der Waals surface area (Å²) in [6, 6.07) is 42.9. The average Bonchev–Trinajstić information content (AvgIpc) is 3.65. The predicted molar refractivity (Wildman–Crippen MR) is 166 cm³/mol. The fourth-order valence-corrected chi connectivity index (χ4v) is 5.79. The minimum Gasteiger partial charge on any atom is -0.498 e. The zero-order chi connectivity index (χ0) is 27.9. The summed E-state index contributed by atoms with van der Waals surface area (Å²) in [7, 11) is 0. The van der Waals surface area contributed by atoms with Crippen LogP contribution in [0.4, 0.5) is 0 Å². The van der Waals surface area contributed by atoms with Gasteiger partial charge in [-0.15, -0.1) is 54.1 Å². The molecule has 4 aromatic heterocycles. The molecule has 43 heavy (non-hydrogen) atoms. The molecule has 0 saturated carbocycles. The van der Waals surface area contributed by atoms with Gasteiger partial charge in [-0.2, -0.15) is 0 Å². The maximum absolute atomic E-state index is 6.56. The second-order valence-corrected chi connectivity index (χ2v) is 10.2. The van der Waals surface area contributed by atoms with Crippen molar-refractivity contribution in [1.29, 1.82) is 0 Å². The molecular weight excluding hydrogens is 709 g/mol. The molecule has 0 unspecified atom stereocenters. The summed E-state index contributed by atoms with van der Waals surface area (Å²) >= 11 is 0. The molecule has 1 radical (unpaired) electrons. The molecule has 0 saturated heterocycles. The Labute approximate surface area is 262 Å². The van der Waals surface area contributed by atoms with Crippen LogP contribution >= 0.6 is 0 Å². The minimum absolute atomic E-state index is 0.